The van der Waals surface area contributed by atoms with Crippen molar-refractivity contribution < 1.29 is 27.5 Å². The molecule has 1 heterocycles. The Hall–Kier alpha value is -5.07. The van der Waals surface area contributed by atoms with Gasteiger partial charge in [-0.2, -0.15) is 4.31 Å². The van der Waals surface area contributed by atoms with Crippen LogP contribution in [0.15, 0.2) is 125 Å². The number of benzene rings is 5. The molecule has 254 valence electrons. The molecule has 0 saturated carbocycles. The largest absolute Gasteiger partial charge is 0.505 e. The molecular formula is C37H29Cl2FN4O5S. The van der Waals surface area contributed by atoms with Crippen LogP contribution in [0.2, 0.25) is 10.0 Å². The van der Waals surface area contributed by atoms with E-state index in [1.54, 1.807) is 19.2 Å². The van der Waals surface area contributed by atoms with Gasteiger partial charge in [-0.15, -0.1) is 0 Å². The number of hydrogen-bond acceptors (Lipinski definition) is 6. The van der Waals surface area contributed by atoms with E-state index in [2.05, 4.69) is 5.32 Å². The highest BCUT2D eigenvalue weighted by Crippen LogP contribution is 2.36. The number of likely N-dealkylation sites (N-methyl/N-ethyl adjacent to an activating group) is 1. The lowest BCUT2D eigenvalue weighted by Crippen LogP contribution is -2.46. The van der Waals surface area contributed by atoms with Gasteiger partial charge in [-0.3, -0.25) is 9.59 Å². The highest BCUT2D eigenvalue weighted by Gasteiger charge is 2.32. The molecule has 1 aliphatic rings. The van der Waals surface area contributed by atoms with Crippen LogP contribution in [-0.4, -0.2) is 48.6 Å². The molecule has 0 radical (unpaired) electrons. The summed E-state index contributed by atoms with van der Waals surface area (Å²) in [6.45, 7) is -0.379. The van der Waals surface area contributed by atoms with Crippen molar-refractivity contribution in [2.45, 2.75) is 24.2 Å². The average molecular weight is 732 g/mol. The Bertz CT molecular complexity index is 2220. The first-order chi connectivity index (χ1) is 23.9. The minimum atomic E-state index is -4.41. The van der Waals surface area contributed by atoms with Crippen molar-refractivity contribution in [1.82, 2.24) is 9.62 Å². The smallest absolute Gasteiger partial charge is 0.272 e. The zero-order valence-corrected chi connectivity index (χ0v) is 28.8. The van der Waals surface area contributed by atoms with Gasteiger partial charge >= 0.3 is 0 Å². The zero-order chi connectivity index (χ0) is 35.6. The van der Waals surface area contributed by atoms with Gasteiger partial charge in [0.1, 0.15) is 10.7 Å². The minimum Gasteiger partial charge on any atom is -0.505 e. The third-order valence-corrected chi connectivity index (χ3v) is 10.4. The third-order valence-electron chi connectivity index (χ3n) is 8.12. The van der Waals surface area contributed by atoms with Gasteiger partial charge < -0.3 is 15.3 Å². The van der Waals surface area contributed by atoms with E-state index in [0.717, 1.165) is 21.5 Å². The van der Waals surface area contributed by atoms with Crippen LogP contribution in [-0.2, 0) is 27.9 Å². The molecule has 0 aromatic heterocycles. The number of benzodiazepines with no additional fused rings is 1. The SMILES string of the molecule is CN1C(=O)C(NC(=O)c2ccc(CN(Cc3ccc(F)cc3)S(=O)(=O)c3cc(Cl)cc(Cl)c3O)cc2)N=C(c2ccccc2)c2ccccc21. The van der Waals surface area contributed by atoms with Crippen LogP contribution >= 0.6 is 23.2 Å². The van der Waals surface area contributed by atoms with Gasteiger partial charge in [-0.05, 0) is 53.6 Å². The van der Waals surface area contributed by atoms with Crippen LogP contribution < -0.4 is 10.2 Å². The van der Waals surface area contributed by atoms with Crippen LogP contribution in [0.5, 0.6) is 5.75 Å². The maximum Gasteiger partial charge on any atom is 0.272 e. The average Bonchev–Trinajstić information content (AvgIpc) is 3.21. The normalized spacial score (nSPS) is 14.6. The maximum absolute atomic E-state index is 13.9. The van der Waals surface area contributed by atoms with Gasteiger partial charge in [-0.25, -0.2) is 17.8 Å². The summed E-state index contributed by atoms with van der Waals surface area (Å²) in [6.07, 6.45) is -1.23. The zero-order valence-electron chi connectivity index (χ0n) is 26.4. The fourth-order valence-electron chi connectivity index (χ4n) is 5.51. The molecule has 0 saturated heterocycles. The molecule has 9 nitrogen and oxygen atoms in total. The Kier molecular flexibility index (Phi) is 10.0. The topological polar surface area (TPSA) is 119 Å². The summed E-state index contributed by atoms with van der Waals surface area (Å²) in [5.41, 5.74) is 3.89. The number of anilines is 1. The predicted octanol–water partition coefficient (Wildman–Crippen LogP) is 6.80. The second kappa shape index (κ2) is 14.4. The van der Waals surface area contributed by atoms with Crippen molar-refractivity contribution in [1.29, 1.82) is 0 Å². The van der Waals surface area contributed by atoms with E-state index in [9.17, 15) is 27.5 Å². The number of phenolic OH excluding ortho intramolecular Hbond substituents is 1. The Morgan fingerprint density at radius 1 is 0.900 bits per heavy atom. The van der Waals surface area contributed by atoms with E-state index in [0.29, 0.717) is 22.5 Å². The van der Waals surface area contributed by atoms with Crippen molar-refractivity contribution in [3.8, 4) is 5.75 Å². The van der Waals surface area contributed by atoms with Gasteiger partial charge in [0, 0.05) is 41.9 Å². The van der Waals surface area contributed by atoms with Crippen molar-refractivity contribution in [3.63, 3.8) is 0 Å². The summed E-state index contributed by atoms with van der Waals surface area (Å²) < 4.78 is 42.5. The van der Waals surface area contributed by atoms with Gasteiger partial charge in [0.2, 0.25) is 16.2 Å². The number of hydrogen-bond donors (Lipinski definition) is 2. The maximum atomic E-state index is 13.9. The second-order valence-electron chi connectivity index (χ2n) is 11.5. The fraction of sp³-hybridized carbons (Fsp3) is 0.108. The van der Waals surface area contributed by atoms with Crippen LogP contribution in [0.25, 0.3) is 0 Å². The summed E-state index contributed by atoms with van der Waals surface area (Å²) in [4.78, 5) is 32.7. The molecule has 2 amide bonds. The Labute approximate surface area is 298 Å². The molecule has 50 heavy (non-hydrogen) atoms. The highest BCUT2D eigenvalue weighted by molar-refractivity contribution is 7.89. The summed E-state index contributed by atoms with van der Waals surface area (Å²) in [5, 5.41) is 13.1. The Balaban J connectivity index is 1.27. The van der Waals surface area contributed by atoms with Crippen LogP contribution in [0, 0.1) is 5.82 Å². The molecule has 0 aliphatic carbocycles. The van der Waals surface area contributed by atoms with Gasteiger partial charge in [-0.1, -0.05) is 96.0 Å². The van der Waals surface area contributed by atoms with Crippen molar-refractivity contribution in [2.24, 2.45) is 4.99 Å². The number of carbonyl (C=O) groups excluding carboxylic acids is 2. The van der Waals surface area contributed by atoms with Crippen molar-refractivity contribution in [2.75, 3.05) is 11.9 Å². The van der Waals surface area contributed by atoms with E-state index in [-0.39, 0.29) is 28.7 Å². The minimum absolute atomic E-state index is 0.00548. The number of halogens is 3. The molecule has 6 rings (SSSR count). The lowest BCUT2D eigenvalue weighted by atomic mass is 10.0. The molecule has 0 fully saturated rings. The third kappa shape index (κ3) is 7.26. The number of aromatic hydroxyl groups is 1. The van der Waals surface area contributed by atoms with Crippen molar-refractivity contribution >= 4 is 56.4 Å². The lowest BCUT2D eigenvalue weighted by molar-refractivity contribution is -0.119. The first kappa shape index (κ1) is 34.8. The quantitative estimate of drug-likeness (QED) is 0.173. The van der Waals surface area contributed by atoms with E-state index in [1.807, 2.05) is 54.6 Å². The lowest BCUT2D eigenvalue weighted by Gasteiger charge is -2.23. The summed E-state index contributed by atoms with van der Waals surface area (Å²) in [5.74, 6) is -2.15. The second-order valence-corrected chi connectivity index (χ2v) is 14.2. The summed E-state index contributed by atoms with van der Waals surface area (Å²) >= 11 is 12.1. The number of nitrogens with one attached hydrogen (secondary N) is 1. The summed E-state index contributed by atoms with van der Waals surface area (Å²) in [6, 6.07) is 30.5. The first-order valence-electron chi connectivity index (χ1n) is 15.2. The van der Waals surface area contributed by atoms with Gasteiger partial charge in [0.25, 0.3) is 11.8 Å². The molecular weight excluding hydrogens is 702 g/mol. The van der Waals surface area contributed by atoms with Crippen LogP contribution in [0.4, 0.5) is 10.1 Å². The molecule has 13 heteroatoms. The molecule has 5 aromatic carbocycles. The van der Waals surface area contributed by atoms with E-state index < -0.39 is 44.5 Å². The van der Waals surface area contributed by atoms with E-state index in [1.165, 1.54) is 47.4 Å². The van der Waals surface area contributed by atoms with Gasteiger partial charge in [0.15, 0.2) is 5.75 Å². The number of rotatable bonds is 9. The van der Waals surface area contributed by atoms with Crippen LogP contribution in [0.3, 0.4) is 0 Å². The number of nitrogens with zero attached hydrogens (tertiary/aromatic N) is 3. The highest BCUT2D eigenvalue weighted by atomic mass is 35.5. The summed E-state index contributed by atoms with van der Waals surface area (Å²) in [7, 11) is -2.78. The number of amides is 2. The molecule has 2 N–H and O–H groups in total. The Morgan fingerprint density at radius 2 is 1.50 bits per heavy atom. The number of aliphatic imine (C=N–C) groups is 1. The fourth-order valence-corrected chi connectivity index (χ4v) is 7.67. The molecule has 0 bridgehead atoms. The van der Waals surface area contributed by atoms with Crippen LogP contribution in [0.1, 0.15) is 32.6 Å². The molecule has 1 aliphatic heterocycles. The van der Waals surface area contributed by atoms with Crippen molar-refractivity contribution in [3.05, 3.63) is 159 Å². The molecule has 1 unspecified atom stereocenters. The molecule has 1 atom stereocenters. The predicted molar refractivity (Wildman–Crippen MR) is 191 cm³/mol. The monoisotopic (exact) mass is 730 g/mol. The first-order valence-corrected chi connectivity index (χ1v) is 17.4. The van der Waals surface area contributed by atoms with Gasteiger partial charge in [0.05, 0.1) is 16.4 Å². The number of sulfonamides is 1. The number of carbonyl (C=O) groups is 2. The van der Waals surface area contributed by atoms with E-state index in [4.69, 9.17) is 28.2 Å². The Morgan fingerprint density at radius 3 is 2.16 bits per heavy atom. The molecule has 0 spiro atoms. The number of phenols is 1. The standard InChI is InChI=1S/C37H29Cl2FN4O5S/c1-43-31-10-6-5-9-29(31)33(25-7-3-2-4-8-25)41-35(37(43)47)42-36(46)26-15-11-23(12-16-26)21-44(22-24-13-17-28(40)18-14-24)50(48,49)32-20-27(38)19-30(39)34(32)45/h2-20,35,45H,21-22H2,1H3,(H,42,46). The number of fused-ring (bicyclic) bond motifs is 1. The number of para-hydroxylation sites is 1. The van der Waals surface area contributed by atoms with E-state index >= 15 is 0 Å². The molecule has 5 aromatic rings.